The Balaban J connectivity index is 0.000000277. The molecule has 2 aliphatic heterocycles. The van der Waals surface area contributed by atoms with Gasteiger partial charge in [-0.3, -0.25) is 18.7 Å². The van der Waals surface area contributed by atoms with Crippen LogP contribution in [0.1, 0.15) is 81.6 Å². The molecule has 26 nitrogen and oxygen atoms in total. The van der Waals surface area contributed by atoms with Crippen LogP contribution in [-0.4, -0.2) is 148 Å². The number of nitro groups is 1. The number of aliphatic hydroxyl groups excluding tert-OH is 2. The largest absolute Gasteiger partial charge is 0.473 e. The van der Waals surface area contributed by atoms with Crippen molar-refractivity contribution in [2.24, 2.45) is 0 Å². The summed E-state index contributed by atoms with van der Waals surface area (Å²) < 4.78 is 37.7. The molecule has 4 aromatic carbocycles. The highest BCUT2D eigenvalue weighted by Gasteiger charge is 2.51. The maximum Gasteiger partial charge on any atom is 0.473 e. The summed E-state index contributed by atoms with van der Waals surface area (Å²) in [6.07, 6.45) is -4.13. The number of ether oxygens (including phenoxy) is 6. The van der Waals surface area contributed by atoms with E-state index in [0.29, 0.717) is 22.0 Å². The fourth-order valence-corrected chi connectivity index (χ4v) is 8.92. The van der Waals surface area contributed by atoms with Crippen molar-refractivity contribution >= 4 is 69.6 Å². The van der Waals surface area contributed by atoms with Crippen molar-refractivity contribution in [3.05, 3.63) is 166 Å². The molecule has 0 unspecified atom stereocenters. The van der Waals surface area contributed by atoms with Gasteiger partial charge in [0.15, 0.2) is 35.5 Å². The molecule has 0 bridgehead atoms. The first-order chi connectivity index (χ1) is 38.7. The monoisotopic (exact) mass is 1110 g/mol. The first-order valence-corrected chi connectivity index (χ1v) is 25.0. The Bertz CT molecular complexity index is 3440. The van der Waals surface area contributed by atoms with Gasteiger partial charge in [0.25, 0.3) is 17.6 Å². The van der Waals surface area contributed by atoms with E-state index in [4.69, 9.17) is 34.2 Å². The zero-order valence-corrected chi connectivity index (χ0v) is 43.4. The lowest BCUT2D eigenvalue weighted by molar-refractivity contribution is -0.394. The van der Waals surface area contributed by atoms with Gasteiger partial charge in [-0.2, -0.15) is 9.97 Å². The Morgan fingerprint density at radius 3 is 1.73 bits per heavy atom. The molecule has 10 rings (SSSR count). The van der Waals surface area contributed by atoms with Gasteiger partial charge in [-0.25, -0.2) is 24.5 Å². The number of benzene rings is 4. The van der Waals surface area contributed by atoms with Crippen molar-refractivity contribution < 1.29 is 62.7 Å². The van der Waals surface area contributed by atoms with Crippen LogP contribution in [0.25, 0.3) is 22.3 Å². The van der Waals surface area contributed by atoms with Crippen LogP contribution in [0.3, 0.4) is 0 Å². The highest BCUT2D eigenvalue weighted by molar-refractivity contribution is 6.27. The van der Waals surface area contributed by atoms with E-state index in [-0.39, 0.29) is 59.3 Å². The van der Waals surface area contributed by atoms with Gasteiger partial charge in [0.2, 0.25) is 11.6 Å². The molecule has 9 atom stereocenters. The van der Waals surface area contributed by atoms with Gasteiger partial charge in [0.05, 0.1) is 24.1 Å². The lowest BCUT2D eigenvalue weighted by atomic mass is 10.1. The summed E-state index contributed by atoms with van der Waals surface area (Å²) in [5.41, 5.74) is 7.21. The van der Waals surface area contributed by atoms with Crippen molar-refractivity contribution in [1.29, 1.82) is 0 Å². The maximum absolute atomic E-state index is 14.1. The van der Waals surface area contributed by atoms with Gasteiger partial charge in [-0.1, -0.05) is 87.1 Å². The van der Waals surface area contributed by atoms with Crippen LogP contribution in [0.15, 0.2) is 134 Å². The van der Waals surface area contributed by atoms with E-state index < -0.39 is 96.1 Å². The molecule has 26 heteroatoms. The second kappa shape index (κ2) is 25.7. The van der Waals surface area contributed by atoms with Gasteiger partial charge in [-0.15, -0.1) is 0 Å². The Hall–Kier alpha value is -9.18. The molecule has 0 spiro atoms. The van der Waals surface area contributed by atoms with Crippen LogP contribution >= 0.6 is 0 Å². The number of carbonyl (C=O) groups is 4. The fraction of sp³-hybridized carbons (Fsp3) is 0.309. The van der Waals surface area contributed by atoms with Crippen molar-refractivity contribution in [3.8, 4) is 0 Å². The summed E-state index contributed by atoms with van der Waals surface area (Å²) in [5.74, 6) is -3.83. The number of anilines is 3. The van der Waals surface area contributed by atoms with Gasteiger partial charge in [-0.05, 0) is 76.8 Å². The second-order valence-corrected chi connectivity index (χ2v) is 18.2. The summed E-state index contributed by atoms with van der Waals surface area (Å²) in [7, 11) is 2.81. The topological polar surface area (TPSA) is 336 Å². The van der Waals surface area contributed by atoms with E-state index in [1.54, 1.807) is 102 Å². The molecule has 0 aliphatic carbocycles. The molecule has 2 fully saturated rings. The third kappa shape index (κ3) is 12.2. The van der Waals surface area contributed by atoms with Crippen molar-refractivity contribution in [3.63, 3.8) is 0 Å². The van der Waals surface area contributed by atoms with E-state index >= 15 is 0 Å². The van der Waals surface area contributed by atoms with Crippen LogP contribution < -0.4 is 16.0 Å². The molecule has 6 heterocycles. The van der Waals surface area contributed by atoms with Crippen molar-refractivity contribution in [1.82, 2.24) is 39.0 Å². The number of hydrogen-bond acceptors (Lipinski definition) is 22. The van der Waals surface area contributed by atoms with Gasteiger partial charge in [0, 0.05) is 31.4 Å². The summed E-state index contributed by atoms with van der Waals surface area (Å²) in [6, 6.07) is 32.3. The second-order valence-electron chi connectivity index (χ2n) is 18.2. The number of carbonyl (C=O) groups excluding carboxylic acids is 4. The number of fused-ring (bicyclic) bond motifs is 2. The number of amides is 2. The lowest BCUT2D eigenvalue weighted by Crippen LogP contribution is -2.39. The van der Waals surface area contributed by atoms with Gasteiger partial charge < -0.3 is 59.8 Å². The summed E-state index contributed by atoms with van der Waals surface area (Å²) >= 11 is 0. The highest BCUT2D eigenvalue weighted by atomic mass is 16.6. The molecule has 8 aromatic rings. The molecule has 422 valence electrons. The van der Waals surface area contributed by atoms with E-state index in [2.05, 4.69) is 42.1 Å². The van der Waals surface area contributed by atoms with E-state index in [1.165, 1.54) is 55.7 Å². The predicted molar refractivity (Wildman–Crippen MR) is 291 cm³/mol. The standard InChI is InChI=1S/C39H30N6O10.C15H24N6O4.CH4/c1-52-31-30(55-38(49)27-20-12-5-13-21-27)28(22-53-37(48)26-18-10-4-11-19-26)54-36(31)43-23-40-29-32(43)41-39(45(50)51)42-33(29)44(34(46)24-14-6-2-7-15-24)35(47)25-16-8-3-9-17-25;1-4-7(2)18-15-19-12(16)9-13(20-15)21(6-17-9)14-11(24-3)10(23)8(5-22)25-14;/h2-21,23,28,30-31,36H,22H2,1H3;6-8,10-11,14,22-23H,4-5H2,1-3H3,(H3,16,18,19,20);1H4/t28-,30-,31-,36-;7-,8+,10+,11+,14+;/m10./s1. The van der Waals surface area contributed by atoms with Crippen LogP contribution in [0.2, 0.25) is 0 Å². The highest BCUT2D eigenvalue weighted by Crippen LogP contribution is 2.39. The number of aromatic nitrogens is 8. The van der Waals surface area contributed by atoms with E-state index in [9.17, 15) is 39.5 Å². The smallest absolute Gasteiger partial charge is 0.459 e. The molecule has 2 saturated heterocycles. The van der Waals surface area contributed by atoms with Crippen LogP contribution in [0.4, 0.5) is 23.5 Å². The Morgan fingerprint density at radius 1 is 0.716 bits per heavy atom. The SMILES string of the molecule is C.CC[C@H](C)Nc1nc(N)c2ncn([C@@H]3O[C@H](CO)[C@@H](O)[C@H]3OC)c2n1.CO[C@@H]1[C@H](OC(=O)c2ccccc2)[C@@H](COC(=O)c2ccccc2)O[C@H]1n1cnc2c(N(C(=O)c3ccccc3)C(=O)c3ccccc3)nc([N+](=O)[O-])nc21. The number of nitrogen functional groups attached to an aromatic ring is 1. The number of imidazole rings is 2. The van der Waals surface area contributed by atoms with Crippen LogP contribution in [0, 0.1) is 10.1 Å². The number of nitrogens with zero attached hydrogens (tertiary/aromatic N) is 10. The average molecular weight is 1110 g/mol. The first-order valence-electron chi connectivity index (χ1n) is 25.0. The van der Waals surface area contributed by atoms with Crippen LogP contribution in [-0.2, 0) is 28.4 Å². The van der Waals surface area contributed by atoms with Crippen molar-refractivity contribution in [2.75, 3.05) is 43.4 Å². The summed E-state index contributed by atoms with van der Waals surface area (Å²) in [5, 5.41) is 35.1. The lowest BCUT2D eigenvalue weighted by Gasteiger charge is -2.23. The molecule has 81 heavy (non-hydrogen) atoms. The normalized spacial score (nSPS) is 20.6. The zero-order valence-electron chi connectivity index (χ0n) is 43.4. The average Bonchev–Trinajstić information content (AvgIpc) is 4.16. The summed E-state index contributed by atoms with van der Waals surface area (Å²) in [6.45, 7) is 3.36. The minimum Gasteiger partial charge on any atom is -0.459 e. The van der Waals surface area contributed by atoms with E-state index in [0.717, 1.165) is 6.42 Å². The van der Waals surface area contributed by atoms with Gasteiger partial charge >= 0.3 is 17.9 Å². The maximum atomic E-state index is 14.1. The van der Waals surface area contributed by atoms with E-state index in [1.807, 2.05) is 6.92 Å². The number of nitrogens with two attached hydrogens (primary N) is 1. The molecular weight excluding hydrogens is 1050 g/mol. The Morgan fingerprint density at radius 2 is 1.21 bits per heavy atom. The predicted octanol–water partition coefficient (Wildman–Crippen LogP) is 5.74. The van der Waals surface area contributed by atoms with Crippen LogP contribution in [0.5, 0.6) is 0 Å². The third-order valence-electron chi connectivity index (χ3n) is 13.2. The zero-order chi connectivity index (χ0) is 56.6. The van der Waals surface area contributed by atoms with Gasteiger partial charge in [0.1, 0.15) is 49.0 Å². The number of imide groups is 1. The molecule has 0 radical (unpaired) electrons. The third-order valence-corrected chi connectivity index (χ3v) is 13.2. The molecular formula is C55H58N12O14. The molecule has 4 aromatic heterocycles. The Kier molecular flexibility index (Phi) is 18.4. The minimum atomic E-state index is -1.26. The Labute approximate surface area is 462 Å². The summed E-state index contributed by atoms with van der Waals surface area (Å²) in [4.78, 5) is 92.2. The fourth-order valence-electron chi connectivity index (χ4n) is 8.92. The molecule has 2 aliphatic rings. The number of methoxy groups -OCH3 is 2. The molecule has 2 amide bonds. The number of esters is 2. The first kappa shape index (κ1) is 58.0. The number of aliphatic hydroxyl groups is 2. The molecule has 5 N–H and O–H groups in total. The minimum absolute atomic E-state index is 0. The van der Waals surface area contributed by atoms with Crippen molar-refractivity contribution in [2.45, 2.75) is 82.8 Å². The number of hydrogen-bond donors (Lipinski definition) is 4. The number of rotatable bonds is 17. The quantitative estimate of drug-likeness (QED) is 0.0365. The molecule has 0 saturated carbocycles. The number of nitrogens with one attached hydrogen (secondary N) is 1.